The number of hydrogen-bond donors (Lipinski definition) is 2. The zero-order chi connectivity index (χ0) is 25.3. The van der Waals surface area contributed by atoms with Crippen LogP contribution in [0.1, 0.15) is 24.1 Å². The predicted molar refractivity (Wildman–Crippen MR) is 130 cm³/mol. The van der Waals surface area contributed by atoms with Crippen LogP contribution in [0.25, 0.3) is 5.76 Å². The van der Waals surface area contributed by atoms with Crippen molar-refractivity contribution < 1.29 is 24.4 Å². The summed E-state index contributed by atoms with van der Waals surface area (Å²) in [5, 5.41) is 25.1. The molecule has 0 bridgehead atoms. The quantitative estimate of drug-likeness (QED) is 0.173. The van der Waals surface area contributed by atoms with Gasteiger partial charge in [0.1, 0.15) is 5.76 Å². The molecule has 0 saturated carbocycles. The van der Waals surface area contributed by atoms with E-state index in [1.165, 1.54) is 36.1 Å². The van der Waals surface area contributed by atoms with Crippen LogP contribution in [0.4, 0.5) is 17.1 Å². The Hall–Kier alpha value is -4.50. The number of nitrogens with one attached hydrogen (secondary N) is 1. The highest BCUT2D eigenvalue weighted by Crippen LogP contribution is 2.42. The molecule has 3 aromatic carbocycles. The number of nitro benzene ring substituents is 1. The van der Waals surface area contributed by atoms with Crippen LogP contribution in [0.5, 0.6) is 0 Å². The molecule has 0 aromatic heterocycles. The number of carbonyl (C=O) groups is 3. The molecule has 0 aliphatic carbocycles. The van der Waals surface area contributed by atoms with Gasteiger partial charge in [0.05, 0.1) is 16.5 Å². The van der Waals surface area contributed by atoms with E-state index < -0.39 is 28.4 Å². The minimum Gasteiger partial charge on any atom is -0.507 e. The molecule has 1 aliphatic heterocycles. The minimum atomic E-state index is -0.992. The van der Waals surface area contributed by atoms with Crippen LogP contribution in [0.2, 0.25) is 5.02 Å². The zero-order valence-electron chi connectivity index (χ0n) is 18.3. The number of amides is 2. The topological polar surface area (TPSA) is 130 Å². The number of carbonyl (C=O) groups excluding carboxylic acids is 3. The number of Topliss-reactive ketones (excluding diaryl/α,β-unsaturated/α-hetero) is 1. The predicted octanol–water partition coefficient (Wildman–Crippen LogP) is 4.83. The molecule has 10 heteroatoms. The number of halogens is 1. The lowest BCUT2D eigenvalue weighted by Crippen LogP contribution is -2.29. The Bertz CT molecular complexity index is 1370. The van der Waals surface area contributed by atoms with Gasteiger partial charge in [-0.3, -0.25) is 29.4 Å². The summed E-state index contributed by atoms with van der Waals surface area (Å²) in [6, 6.07) is 16.8. The van der Waals surface area contributed by atoms with E-state index in [2.05, 4.69) is 5.32 Å². The SMILES string of the molecule is CC(=O)Nc1ccc(N2C(=O)C(=O)C(=C(O)c3ccc([N+](=O)[O-])cc3)[C@H]2c2ccc(Cl)cc2)cc1. The van der Waals surface area contributed by atoms with E-state index in [1.807, 2.05) is 0 Å². The first-order valence-corrected chi connectivity index (χ1v) is 10.7. The van der Waals surface area contributed by atoms with Crippen molar-refractivity contribution in [3.63, 3.8) is 0 Å². The maximum absolute atomic E-state index is 13.2. The maximum Gasteiger partial charge on any atom is 0.300 e. The van der Waals surface area contributed by atoms with Crippen LogP contribution in [0, 0.1) is 10.1 Å². The van der Waals surface area contributed by atoms with Gasteiger partial charge in [0.25, 0.3) is 17.4 Å². The molecule has 1 saturated heterocycles. The molecule has 0 spiro atoms. The van der Waals surface area contributed by atoms with E-state index in [9.17, 15) is 29.6 Å². The Balaban J connectivity index is 1.85. The van der Waals surface area contributed by atoms with E-state index in [0.717, 1.165) is 0 Å². The number of hydrogen-bond acceptors (Lipinski definition) is 6. The van der Waals surface area contributed by atoms with E-state index >= 15 is 0 Å². The summed E-state index contributed by atoms with van der Waals surface area (Å²) < 4.78 is 0. The van der Waals surface area contributed by atoms with Gasteiger partial charge in [-0.15, -0.1) is 0 Å². The molecule has 2 amide bonds. The van der Waals surface area contributed by atoms with E-state index in [1.54, 1.807) is 48.5 Å². The van der Waals surface area contributed by atoms with Crippen molar-refractivity contribution in [3.05, 3.63) is 105 Å². The summed E-state index contributed by atoms with van der Waals surface area (Å²) in [6.07, 6.45) is 0. The van der Waals surface area contributed by atoms with Crippen LogP contribution in [0.15, 0.2) is 78.4 Å². The Morgan fingerprint density at radius 3 is 2.14 bits per heavy atom. The highest BCUT2D eigenvalue weighted by molar-refractivity contribution is 6.51. The van der Waals surface area contributed by atoms with Crippen LogP contribution in [-0.2, 0) is 14.4 Å². The van der Waals surface area contributed by atoms with Gasteiger partial charge >= 0.3 is 0 Å². The fraction of sp³-hybridized carbons (Fsp3) is 0.0800. The largest absolute Gasteiger partial charge is 0.507 e. The van der Waals surface area contributed by atoms with Crippen molar-refractivity contribution in [1.29, 1.82) is 0 Å². The summed E-state index contributed by atoms with van der Waals surface area (Å²) in [4.78, 5) is 49.3. The molecular formula is C25H18ClN3O6. The lowest BCUT2D eigenvalue weighted by atomic mass is 9.95. The number of ketones is 1. The van der Waals surface area contributed by atoms with Crippen molar-refractivity contribution >= 4 is 52.0 Å². The second-order valence-corrected chi connectivity index (χ2v) is 8.19. The summed E-state index contributed by atoms with van der Waals surface area (Å²) >= 11 is 6.02. The number of benzene rings is 3. The molecular weight excluding hydrogens is 474 g/mol. The van der Waals surface area contributed by atoms with Gasteiger partial charge in [-0.05, 0) is 54.1 Å². The van der Waals surface area contributed by atoms with Crippen LogP contribution < -0.4 is 10.2 Å². The van der Waals surface area contributed by atoms with E-state index in [0.29, 0.717) is 22.0 Å². The summed E-state index contributed by atoms with van der Waals surface area (Å²) in [5.41, 5.74) is 1.18. The fourth-order valence-corrected chi connectivity index (χ4v) is 3.99. The Morgan fingerprint density at radius 2 is 1.60 bits per heavy atom. The van der Waals surface area contributed by atoms with Gasteiger partial charge < -0.3 is 10.4 Å². The summed E-state index contributed by atoms with van der Waals surface area (Å²) in [6.45, 7) is 1.37. The third kappa shape index (κ3) is 4.62. The van der Waals surface area contributed by atoms with E-state index in [-0.39, 0.29) is 22.7 Å². The van der Waals surface area contributed by atoms with Gasteiger partial charge in [-0.25, -0.2) is 0 Å². The van der Waals surface area contributed by atoms with Crippen molar-refractivity contribution in [2.45, 2.75) is 13.0 Å². The highest BCUT2D eigenvalue weighted by atomic mass is 35.5. The maximum atomic E-state index is 13.2. The van der Waals surface area contributed by atoms with Gasteiger partial charge in [-0.2, -0.15) is 0 Å². The first-order valence-electron chi connectivity index (χ1n) is 10.4. The number of rotatable bonds is 5. The molecule has 4 rings (SSSR count). The lowest BCUT2D eigenvalue weighted by molar-refractivity contribution is -0.384. The number of non-ortho nitro benzene ring substituents is 1. The number of aliphatic hydroxyl groups is 1. The van der Waals surface area contributed by atoms with Gasteiger partial charge in [-0.1, -0.05) is 23.7 Å². The van der Waals surface area contributed by atoms with Gasteiger partial charge in [0.15, 0.2) is 0 Å². The molecule has 9 nitrogen and oxygen atoms in total. The Morgan fingerprint density at radius 1 is 1.00 bits per heavy atom. The van der Waals surface area contributed by atoms with Crippen LogP contribution >= 0.6 is 11.6 Å². The smallest absolute Gasteiger partial charge is 0.300 e. The molecule has 35 heavy (non-hydrogen) atoms. The number of aliphatic hydroxyl groups excluding tert-OH is 1. The molecule has 0 radical (unpaired) electrons. The second-order valence-electron chi connectivity index (χ2n) is 7.75. The molecule has 1 aliphatic rings. The molecule has 1 atom stereocenters. The summed E-state index contributed by atoms with van der Waals surface area (Å²) in [5.74, 6) is -2.49. The number of anilines is 2. The van der Waals surface area contributed by atoms with Crippen LogP contribution in [-0.4, -0.2) is 27.6 Å². The molecule has 3 aromatic rings. The van der Waals surface area contributed by atoms with Crippen LogP contribution in [0.3, 0.4) is 0 Å². The van der Waals surface area contributed by atoms with E-state index in [4.69, 9.17) is 11.6 Å². The van der Waals surface area contributed by atoms with Crippen molar-refractivity contribution in [2.75, 3.05) is 10.2 Å². The van der Waals surface area contributed by atoms with Crippen molar-refractivity contribution in [3.8, 4) is 0 Å². The molecule has 0 unspecified atom stereocenters. The number of nitrogens with zero attached hydrogens (tertiary/aromatic N) is 2. The monoisotopic (exact) mass is 491 g/mol. The van der Waals surface area contributed by atoms with Crippen molar-refractivity contribution in [2.24, 2.45) is 0 Å². The van der Waals surface area contributed by atoms with Crippen molar-refractivity contribution in [1.82, 2.24) is 0 Å². The second kappa shape index (κ2) is 9.40. The average Bonchev–Trinajstić information content (AvgIpc) is 3.10. The third-order valence-electron chi connectivity index (χ3n) is 5.45. The fourth-order valence-electron chi connectivity index (χ4n) is 3.86. The first-order chi connectivity index (χ1) is 16.7. The van der Waals surface area contributed by atoms with Gasteiger partial charge in [0.2, 0.25) is 5.91 Å². The summed E-state index contributed by atoms with van der Waals surface area (Å²) in [7, 11) is 0. The Kier molecular flexibility index (Phi) is 6.35. The molecule has 1 heterocycles. The standard InChI is InChI=1S/C25H18ClN3O6/c1-14(30)27-18-8-12-19(13-9-18)28-22(15-2-6-17(26)7-3-15)21(24(32)25(28)33)23(31)16-4-10-20(11-5-16)29(34)35/h2-13,22,31H,1H3,(H,27,30)/t22-/m1/s1. The minimum absolute atomic E-state index is 0.147. The third-order valence-corrected chi connectivity index (χ3v) is 5.70. The highest BCUT2D eigenvalue weighted by Gasteiger charge is 2.47. The zero-order valence-corrected chi connectivity index (χ0v) is 19.0. The normalized spacial score (nSPS) is 16.9. The number of nitro groups is 1. The molecule has 176 valence electrons. The average molecular weight is 492 g/mol. The molecule has 2 N–H and O–H groups in total. The van der Waals surface area contributed by atoms with Gasteiger partial charge in [0, 0.05) is 41.0 Å². The molecule has 1 fully saturated rings. The first kappa shape index (κ1) is 23.7. The lowest BCUT2D eigenvalue weighted by Gasteiger charge is -2.25. The Labute approximate surface area is 204 Å².